The number of hydrogen-bond acceptors (Lipinski definition) is 2. The van der Waals surface area contributed by atoms with E-state index in [0.29, 0.717) is 24.0 Å². The standard InChI is InChI=1S/C10H16ClN3O/c1-8(7-11)3-2-5-12-10(15)9-4-6-13-14-9/h4,6,8H,2-3,5,7H2,1H3,(H,12,15)(H,13,14). The van der Waals surface area contributed by atoms with Crippen molar-refractivity contribution in [2.24, 2.45) is 5.92 Å². The molecule has 15 heavy (non-hydrogen) atoms. The Balaban J connectivity index is 2.13. The monoisotopic (exact) mass is 229 g/mol. The number of halogens is 1. The summed E-state index contributed by atoms with van der Waals surface area (Å²) in [6, 6.07) is 1.65. The molecule has 0 aliphatic carbocycles. The zero-order valence-corrected chi connectivity index (χ0v) is 9.55. The molecule has 1 atom stereocenters. The van der Waals surface area contributed by atoms with Crippen LogP contribution in [0.4, 0.5) is 0 Å². The Morgan fingerprint density at radius 1 is 1.73 bits per heavy atom. The van der Waals surface area contributed by atoms with Gasteiger partial charge in [0.05, 0.1) is 0 Å². The number of aromatic nitrogens is 2. The summed E-state index contributed by atoms with van der Waals surface area (Å²) in [5.74, 6) is 1.08. The lowest BCUT2D eigenvalue weighted by molar-refractivity contribution is 0.0947. The van der Waals surface area contributed by atoms with Gasteiger partial charge in [0.2, 0.25) is 0 Å². The molecule has 1 rings (SSSR count). The molecule has 1 heterocycles. The summed E-state index contributed by atoms with van der Waals surface area (Å²) >= 11 is 5.67. The van der Waals surface area contributed by atoms with E-state index < -0.39 is 0 Å². The predicted octanol–water partition coefficient (Wildman–Crippen LogP) is 1.79. The van der Waals surface area contributed by atoms with Crippen LogP contribution in [0.2, 0.25) is 0 Å². The third-order valence-corrected chi connectivity index (χ3v) is 2.69. The van der Waals surface area contributed by atoms with Gasteiger partial charge in [-0.05, 0) is 24.8 Å². The molecule has 0 aliphatic rings. The average molecular weight is 230 g/mol. The molecule has 84 valence electrons. The van der Waals surface area contributed by atoms with E-state index in [2.05, 4.69) is 22.4 Å². The largest absolute Gasteiger partial charge is 0.351 e. The van der Waals surface area contributed by atoms with Crippen LogP contribution in [0.3, 0.4) is 0 Å². The van der Waals surface area contributed by atoms with Crippen LogP contribution in [0.1, 0.15) is 30.3 Å². The second-order valence-electron chi connectivity index (χ2n) is 3.63. The first-order valence-electron chi connectivity index (χ1n) is 5.07. The lowest BCUT2D eigenvalue weighted by Gasteiger charge is -2.07. The Morgan fingerprint density at radius 3 is 3.13 bits per heavy atom. The second-order valence-corrected chi connectivity index (χ2v) is 3.94. The molecule has 0 spiro atoms. The molecule has 4 nitrogen and oxygen atoms in total. The summed E-state index contributed by atoms with van der Waals surface area (Å²) in [6.07, 6.45) is 3.55. The quantitative estimate of drug-likeness (QED) is 0.577. The van der Waals surface area contributed by atoms with E-state index in [9.17, 15) is 4.79 Å². The number of amides is 1. The van der Waals surface area contributed by atoms with Gasteiger partial charge >= 0.3 is 0 Å². The molecule has 0 saturated carbocycles. The van der Waals surface area contributed by atoms with E-state index in [1.807, 2.05) is 0 Å². The van der Waals surface area contributed by atoms with Crippen LogP contribution in [0, 0.1) is 5.92 Å². The van der Waals surface area contributed by atoms with Gasteiger partial charge in [0.25, 0.3) is 5.91 Å². The summed E-state index contributed by atoms with van der Waals surface area (Å²) in [5.41, 5.74) is 0.500. The van der Waals surface area contributed by atoms with E-state index in [4.69, 9.17) is 11.6 Å². The van der Waals surface area contributed by atoms with Gasteiger partial charge in [0.15, 0.2) is 0 Å². The second kappa shape index (κ2) is 6.45. The maximum Gasteiger partial charge on any atom is 0.269 e. The molecule has 0 radical (unpaired) electrons. The fraction of sp³-hybridized carbons (Fsp3) is 0.600. The zero-order chi connectivity index (χ0) is 11.1. The highest BCUT2D eigenvalue weighted by Crippen LogP contribution is 2.06. The normalized spacial score (nSPS) is 12.4. The Hall–Kier alpha value is -1.03. The molecule has 0 aromatic carbocycles. The minimum atomic E-state index is -0.106. The third-order valence-electron chi connectivity index (χ3n) is 2.17. The van der Waals surface area contributed by atoms with Gasteiger partial charge in [0.1, 0.15) is 5.69 Å². The Morgan fingerprint density at radius 2 is 2.53 bits per heavy atom. The summed E-state index contributed by atoms with van der Waals surface area (Å²) in [6.45, 7) is 2.78. The van der Waals surface area contributed by atoms with Crippen LogP contribution in [-0.2, 0) is 0 Å². The van der Waals surface area contributed by atoms with Crippen molar-refractivity contribution < 1.29 is 4.79 Å². The SMILES string of the molecule is CC(CCl)CCCNC(=O)c1ccn[nH]1. The van der Waals surface area contributed by atoms with E-state index in [1.54, 1.807) is 12.3 Å². The maximum absolute atomic E-state index is 11.4. The summed E-state index contributed by atoms with van der Waals surface area (Å²) in [5, 5.41) is 9.14. The van der Waals surface area contributed by atoms with Crippen molar-refractivity contribution in [2.75, 3.05) is 12.4 Å². The van der Waals surface area contributed by atoms with Crippen LogP contribution < -0.4 is 5.32 Å². The Labute approximate surface area is 94.4 Å². The Bertz CT molecular complexity index is 287. The van der Waals surface area contributed by atoms with Gasteiger partial charge in [-0.25, -0.2) is 0 Å². The lowest BCUT2D eigenvalue weighted by atomic mass is 10.1. The van der Waals surface area contributed by atoms with E-state index >= 15 is 0 Å². The van der Waals surface area contributed by atoms with Gasteiger partial charge < -0.3 is 5.32 Å². The first kappa shape index (κ1) is 12.0. The number of carbonyl (C=O) groups excluding carboxylic acids is 1. The molecule has 0 bridgehead atoms. The third kappa shape index (κ3) is 4.34. The average Bonchev–Trinajstić information content (AvgIpc) is 2.77. The highest BCUT2D eigenvalue weighted by molar-refractivity contribution is 6.18. The molecule has 5 heteroatoms. The van der Waals surface area contributed by atoms with Crippen LogP contribution in [0.5, 0.6) is 0 Å². The molecule has 2 N–H and O–H groups in total. The molecular formula is C10H16ClN3O. The summed E-state index contributed by atoms with van der Waals surface area (Å²) in [7, 11) is 0. The van der Waals surface area contributed by atoms with Crippen molar-refractivity contribution in [3.8, 4) is 0 Å². The smallest absolute Gasteiger partial charge is 0.269 e. The molecule has 0 saturated heterocycles. The van der Waals surface area contributed by atoms with Crippen molar-refractivity contribution in [3.05, 3.63) is 18.0 Å². The van der Waals surface area contributed by atoms with E-state index in [0.717, 1.165) is 12.8 Å². The number of nitrogens with zero attached hydrogens (tertiary/aromatic N) is 1. The van der Waals surface area contributed by atoms with Gasteiger partial charge in [0, 0.05) is 18.6 Å². The van der Waals surface area contributed by atoms with E-state index in [-0.39, 0.29) is 5.91 Å². The maximum atomic E-state index is 11.4. The van der Waals surface area contributed by atoms with Crippen LogP contribution in [0.25, 0.3) is 0 Å². The number of carbonyl (C=O) groups is 1. The number of nitrogens with one attached hydrogen (secondary N) is 2. The minimum Gasteiger partial charge on any atom is -0.351 e. The minimum absolute atomic E-state index is 0.106. The fourth-order valence-corrected chi connectivity index (χ4v) is 1.36. The number of aromatic amines is 1. The van der Waals surface area contributed by atoms with Crippen molar-refractivity contribution >= 4 is 17.5 Å². The van der Waals surface area contributed by atoms with E-state index in [1.165, 1.54) is 0 Å². The molecule has 1 unspecified atom stereocenters. The van der Waals surface area contributed by atoms with Crippen molar-refractivity contribution in [2.45, 2.75) is 19.8 Å². The van der Waals surface area contributed by atoms with Crippen molar-refractivity contribution in [1.82, 2.24) is 15.5 Å². The van der Waals surface area contributed by atoms with Gasteiger partial charge in [-0.15, -0.1) is 11.6 Å². The van der Waals surface area contributed by atoms with Crippen molar-refractivity contribution in [3.63, 3.8) is 0 Å². The zero-order valence-electron chi connectivity index (χ0n) is 8.79. The molecular weight excluding hydrogens is 214 g/mol. The van der Waals surface area contributed by atoms with Crippen LogP contribution in [-0.4, -0.2) is 28.5 Å². The van der Waals surface area contributed by atoms with Gasteiger partial charge in [-0.1, -0.05) is 6.92 Å². The fourth-order valence-electron chi connectivity index (χ4n) is 1.21. The number of H-pyrrole nitrogens is 1. The van der Waals surface area contributed by atoms with Crippen LogP contribution >= 0.6 is 11.6 Å². The first-order valence-corrected chi connectivity index (χ1v) is 5.61. The number of alkyl halides is 1. The van der Waals surface area contributed by atoms with Gasteiger partial charge in [-0.3, -0.25) is 9.89 Å². The molecule has 0 fully saturated rings. The molecule has 1 aromatic heterocycles. The highest BCUT2D eigenvalue weighted by Gasteiger charge is 2.05. The first-order chi connectivity index (χ1) is 7.24. The van der Waals surface area contributed by atoms with Crippen LogP contribution in [0.15, 0.2) is 12.3 Å². The number of hydrogen-bond donors (Lipinski definition) is 2. The lowest BCUT2D eigenvalue weighted by Crippen LogP contribution is -2.25. The topological polar surface area (TPSA) is 57.8 Å². The van der Waals surface area contributed by atoms with Crippen molar-refractivity contribution in [1.29, 1.82) is 0 Å². The predicted molar refractivity (Wildman–Crippen MR) is 60.0 cm³/mol. The molecule has 1 amide bonds. The molecule has 0 aliphatic heterocycles. The Kier molecular flexibility index (Phi) is 5.18. The molecule has 1 aromatic rings. The van der Waals surface area contributed by atoms with Gasteiger partial charge in [-0.2, -0.15) is 5.10 Å². The highest BCUT2D eigenvalue weighted by atomic mass is 35.5. The summed E-state index contributed by atoms with van der Waals surface area (Å²) in [4.78, 5) is 11.4. The summed E-state index contributed by atoms with van der Waals surface area (Å²) < 4.78 is 0. The number of rotatable bonds is 6.